The van der Waals surface area contributed by atoms with E-state index in [1.54, 1.807) is 12.4 Å². The van der Waals surface area contributed by atoms with Crippen LogP contribution < -0.4 is 10.6 Å². The van der Waals surface area contributed by atoms with Crippen molar-refractivity contribution in [1.82, 2.24) is 39.2 Å². The van der Waals surface area contributed by atoms with Crippen molar-refractivity contribution >= 4 is 50.7 Å². The predicted molar refractivity (Wildman–Crippen MR) is 246 cm³/mol. The number of fused-ring (bicyclic) bond motifs is 4. The van der Waals surface area contributed by atoms with Gasteiger partial charge in [-0.1, -0.05) is 36.4 Å². The van der Waals surface area contributed by atoms with Gasteiger partial charge in [0.25, 0.3) is 0 Å². The number of amides is 2. The molecule has 1 atom stereocenters. The first-order valence-corrected chi connectivity index (χ1v) is 23.3. The fraction of sp³-hybridized carbons (Fsp3) is 0.490. The third-order valence-corrected chi connectivity index (χ3v) is 13.3. The molecule has 4 aromatic heterocycles. The number of anilines is 1. The molecule has 6 heterocycles. The summed E-state index contributed by atoms with van der Waals surface area (Å²) >= 11 is 0. The van der Waals surface area contributed by atoms with Gasteiger partial charge in [0.15, 0.2) is 0 Å². The zero-order chi connectivity index (χ0) is 45.6. The molecule has 17 heteroatoms. The van der Waals surface area contributed by atoms with Gasteiger partial charge in [-0.05, 0) is 79.8 Å². The summed E-state index contributed by atoms with van der Waals surface area (Å²) in [5.41, 5.74) is 6.79. The molecule has 9 rings (SSSR count). The molecule has 0 radical (unpaired) electrons. The van der Waals surface area contributed by atoms with Crippen molar-refractivity contribution in [2.75, 3.05) is 71.0 Å². The highest BCUT2D eigenvalue weighted by Gasteiger charge is 2.32. The third kappa shape index (κ3) is 10.7. The van der Waals surface area contributed by atoms with Crippen LogP contribution in [0.5, 0.6) is 0 Å². The van der Waals surface area contributed by atoms with Gasteiger partial charge in [0.1, 0.15) is 17.3 Å². The number of carbonyl (C=O) groups excluding carboxylic acids is 2. The fourth-order valence-corrected chi connectivity index (χ4v) is 9.82. The molecule has 2 saturated heterocycles. The van der Waals surface area contributed by atoms with Crippen molar-refractivity contribution in [3.8, 4) is 11.1 Å². The van der Waals surface area contributed by atoms with Crippen molar-refractivity contribution in [2.24, 2.45) is 0 Å². The Balaban J connectivity index is 0.699. The minimum Gasteiger partial charge on any atom is -0.393 e. The summed E-state index contributed by atoms with van der Waals surface area (Å²) in [6.45, 7) is 7.63. The van der Waals surface area contributed by atoms with E-state index in [2.05, 4.69) is 76.5 Å². The first kappa shape index (κ1) is 45.7. The van der Waals surface area contributed by atoms with Crippen molar-refractivity contribution in [3.63, 3.8) is 0 Å². The molecule has 3 N–H and O–H groups in total. The number of aryl methyl sites for hydroxylation is 1. The second-order valence-corrected chi connectivity index (χ2v) is 17.8. The van der Waals surface area contributed by atoms with Crippen LogP contribution in [0.15, 0.2) is 73.2 Å². The third-order valence-electron chi connectivity index (χ3n) is 13.3. The van der Waals surface area contributed by atoms with E-state index in [0.717, 1.165) is 103 Å². The van der Waals surface area contributed by atoms with E-state index < -0.39 is 18.6 Å². The van der Waals surface area contributed by atoms with Gasteiger partial charge in [-0.3, -0.25) is 24.7 Å². The van der Waals surface area contributed by atoms with E-state index in [0.29, 0.717) is 57.8 Å². The highest BCUT2D eigenvalue weighted by molar-refractivity contribution is 6.10. The van der Waals surface area contributed by atoms with E-state index in [1.807, 2.05) is 28.8 Å². The number of halogens is 3. The normalized spacial score (nSPS) is 20.2. The lowest BCUT2D eigenvalue weighted by molar-refractivity contribution is -0.135. The lowest BCUT2D eigenvalue weighted by atomic mass is 9.93. The Hall–Kier alpha value is -5.46. The second kappa shape index (κ2) is 20.6. The number of piperazine rings is 1. The molecule has 66 heavy (non-hydrogen) atoms. The summed E-state index contributed by atoms with van der Waals surface area (Å²) in [6, 6.07) is 18.4. The number of imide groups is 1. The van der Waals surface area contributed by atoms with Crippen molar-refractivity contribution in [3.05, 3.63) is 84.3 Å². The van der Waals surface area contributed by atoms with Crippen LogP contribution in [0, 0.1) is 0 Å². The molecule has 14 nitrogen and oxygen atoms in total. The van der Waals surface area contributed by atoms with Crippen LogP contribution in [0.4, 0.5) is 19.1 Å². The van der Waals surface area contributed by atoms with E-state index in [-0.39, 0.29) is 36.5 Å². The van der Waals surface area contributed by atoms with E-state index >= 15 is 0 Å². The number of ether oxygens (including phenoxy) is 2. The molecule has 3 aliphatic rings. The predicted octanol–water partition coefficient (Wildman–Crippen LogP) is 7.20. The summed E-state index contributed by atoms with van der Waals surface area (Å²) in [4.78, 5) is 43.3. The van der Waals surface area contributed by atoms with Crippen molar-refractivity contribution in [2.45, 2.75) is 88.7 Å². The van der Waals surface area contributed by atoms with Gasteiger partial charge in [0.2, 0.25) is 17.8 Å². The molecular weight excluding hydrogens is 852 g/mol. The average molecular weight is 910 g/mol. The number of rotatable bonds is 18. The van der Waals surface area contributed by atoms with Crippen molar-refractivity contribution in [1.29, 1.82) is 0 Å². The molecule has 6 aromatic rings. The molecule has 350 valence electrons. The maximum Gasteiger partial charge on any atom is 0.390 e. The Kier molecular flexibility index (Phi) is 14.3. The summed E-state index contributed by atoms with van der Waals surface area (Å²) < 4.78 is 54.4. The van der Waals surface area contributed by atoms with Gasteiger partial charge in [0, 0.05) is 105 Å². The first-order valence-electron chi connectivity index (χ1n) is 23.3. The Morgan fingerprint density at radius 3 is 2.38 bits per heavy atom. The summed E-state index contributed by atoms with van der Waals surface area (Å²) in [5.74, 6) is -0.346. The molecular formula is C49H58F3N9O5. The zero-order valence-electron chi connectivity index (χ0n) is 37.1. The Morgan fingerprint density at radius 1 is 0.833 bits per heavy atom. The van der Waals surface area contributed by atoms with Gasteiger partial charge in [-0.15, -0.1) is 0 Å². The van der Waals surface area contributed by atoms with Gasteiger partial charge in [-0.25, -0.2) is 9.97 Å². The highest BCUT2D eigenvalue weighted by atomic mass is 19.4. The van der Waals surface area contributed by atoms with Gasteiger partial charge in [-0.2, -0.15) is 18.2 Å². The maximum absolute atomic E-state index is 12.9. The first-order chi connectivity index (χ1) is 32.1. The van der Waals surface area contributed by atoms with Gasteiger partial charge in [0.05, 0.1) is 37.9 Å². The number of piperidine rings is 1. The van der Waals surface area contributed by atoms with Crippen LogP contribution >= 0.6 is 0 Å². The topological polar surface area (TPSA) is 152 Å². The number of nitrogens with zero attached hydrogens (tertiary/aromatic N) is 7. The Morgan fingerprint density at radius 2 is 1.61 bits per heavy atom. The number of nitrogens with one attached hydrogen (secondary N) is 2. The quantitative estimate of drug-likeness (QED) is 0.0593. The SMILES string of the molecule is O=C1CC[C@H](n2c3cccc(CCCOCCOCCN4CCN(Cc5ccc(-c6cn([C@H]7CC[C@H](O)CC7)c7nc(NCCC(F)(F)F)ncc67)cc5)CC4)c3c3cccnc32)C(=O)N1. The number of alkyl halides is 3. The number of pyridine rings is 1. The van der Waals surface area contributed by atoms with Crippen LogP contribution in [-0.2, 0) is 32.0 Å². The van der Waals surface area contributed by atoms with Crippen LogP contribution in [0.3, 0.4) is 0 Å². The molecule has 0 unspecified atom stereocenters. The number of aromatic nitrogens is 5. The fourth-order valence-electron chi connectivity index (χ4n) is 9.82. The lowest BCUT2D eigenvalue weighted by Crippen LogP contribution is -2.46. The van der Waals surface area contributed by atoms with Gasteiger partial charge < -0.3 is 29.0 Å². The summed E-state index contributed by atoms with van der Waals surface area (Å²) in [7, 11) is 0. The molecule has 3 fully saturated rings. The smallest absolute Gasteiger partial charge is 0.390 e. The van der Waals surface area contributed by atoms with Gasteiger partial charge >= 0.3 is 6.18 Å². The van der Waals surface area contributed by atoms with E-state index in [4.69, 9.17) is 9.47 Å². The van der Waals surface area contributed by atoms with Crippen LogP contribution in [0.1, 0.15) is 74.6 Å². The van der Waals surface area contributed by atoms with Crippen molar-refractivity contribution < 1.29 is 37.3 Å². The van der Waals surface area contributed by atoms with Crippen LogP contribution in [0.25, 0.3) is 44.1 Å². The standard InChI is InChI=1S/C49H58F3N9O5/c50-49(51,52)18-20-54-48-55-30-39-40(32-60(46(39)57-48)36-12-14-37(62)15-13-36)34-10-8-33(9-11-34)31-59-23-21-58(22-24-59)25-27-66-29-28-65-26-3-5-35-4-1-7-41-44(35)38-6-2-19-53-45(38)61(41)42-16-17-43(63)56-47(42)64/h1-2,4,6-11,19,30,32,36-37,42,62H,3,5,12-18,20-29,31H2,(H,54,55,57)(H,56,63,64)/t36-,37-,42-/m0/s1. The number of aliphatic hydroxyl groups is 1. The molecule has 2 amide bonds. The largest absolute Gasteiger partial charge is 0.393 e. The number of hydrogen-bond donors (Lipinski definition) is 3. The zero-order valence-corrected chi connectivity index (χ0v) is 37.1. The second-order valence-electron chi connectivity index (χ2n) is 17.8. The minimum atomic E-state index is -4.26. The minimum absolute atomic E-state index is 0.133. The molecule has 0 bridgehead atoms. The van der Waals surface area contributed by atoms with Crippen LogP contribution in [0.2, 0.25) is 0 Å². The molecule has 2 aromatic carbocycles. The molecule has 1 saturated carbocycles. The summed E-state index contributed by atoms with van der Waals surface area (Å²) in [5, 5.41) is 18.3. The molecule has 1 aliphatic carbocycles. The van der Waals surface area contributed by atoms with E-state index in [1.165, 1.54) is 11.1 Å². The number of hydrogen-bond acceptors (Lipinski definition) is 11. The lowest BCUT2D eigenvalue weighted by Gasteiger charge is -2.34. The number of aliphatic hydroxyl groups excluding tert-OH is 1. The molecule has 0 spiro atoms. The maximum atomic E-state index is 12.9. The van der Waals surface area contributed by atoms with E-state index in [9.17, 15) is 27.9 Å². The number of carbonyl (C=O) groups is 2. The number of benzene rings is 2. The van der Waals surface area contributed by atoms with Crippen LogP contribution in [-0.4, -0.2) is 129 Å². The monoisotopic (exact) mass is 909 g/mol. The average Bonchev–Trinajstić information content (AvgIpc) is 3.85. The Labute approximate surface area is 381 Å². The highest BCUT2D eigenvalue weighted by Crippen LogP contribution is 2.38. The Bertz CT molecular complexity index is 2620. The summed E-state index contributed by atoms with van der Waals surface area (Å²) in [6.07, 6.45) is 5.39. The molecule has 2 aliphatic heterocycles.